The van der Waals surface area contributed by atoms with E-state index in [1.807, 2.05) is 0 Å². The van der Waals surface area contributed by atoms with Gasteiger partial charge in [0, 0.05) is 0 Å². The molecule has 0 aliphatic heterocycles. The summed E-state index contributed by atoms with van der Waals surface area (Å²) >= 11 is 1.86. The Morgan fingerprint density at radius 2 is 0.714 bits per heavy atom. The summed E-state index contributed by atoms with van der Waals surface area (Å²) in [6, 6.07) is 0. The standard InChI is InChI=1S/3C4H9.BrH.Sn/c3*1-4(2)3;;/h3*1-3H3;1H;/q;;;;+1/p-1. The maximum absolute atomic E-state index is 4.26. The van der Waals surface area contributed by atoms with Gasteiger partial charge in [-0.2, -0.15) is 0 Å². The molecule has 2 heteroatoms. The van der Waals surface area contributed by atoms with Crippen LogP contribution in [0.2, 0.25) is 10.3 Å². The predicted molar refractivity (Wildman–Crippen MR) is 73.8 cm³/mol. The summed E-state index contributed by atoms with van der Waals surface area (Å²) in [6.07, 6.45) is 0. The summed E-state index contributed by atoms with van der Waals surface area (Å²) in [4.78, 5) is 0. The van der Waals surface area contributed by atoms with Gasteiger partial charge in [0.25, 0.3) is 0 Å². The molecular formula is C12H27BrSn. The van der Waals surface area contributed by atoms with E-state index in [0.717, 1.165) is 0 Å². The van der Waals surface area contributed by atoms with Crippen molar-refractivity contribution in [1.82, 2.24) is 0 Å². The van der Waals surface area contributed by atoms with Crippen molar-refractivity contribution in [3.05, 3.63) is 0 Å². The molecule has 0 heterocycles. The monoisotopic (exact) mass is 370 g/mol. The first-order valence-corrected chi connectivity index (χ1v) is 16.1. The van der Waals surface area contributed by atoms with Crippen molar-refractivity contribution in [2.45, 2.75) is 72.6 Å². The molecule has 0 atom stereocenters. The number of hydrogen-bond acceptors (Lipinski definition) is 0. The van der Waals surface area contributed by atoms with Gasteiger partial charge in [0.15, 0.2) is 0 Å². The van der Waals surface area contributed by atoms with E-state index >= 15 is 0 Å². The molecule has 0 aromatic rings. The summed E-state index contributed by atoms with van der Waals surface area (Å²) < 4.78 is 1.35. The topological polar surface area (TPSA) is 0 Å². The average Bonchev–Trinajstić information content (AvgIpc) is 1.77. The average molecular weight is 370 g/mol. The molecule has 0 amide bonds. The molecule has 0 spiro atoms. The molecular weight excluding hydrogens is 343 g/mol. The van der Waals surface area contributed by atoms with E-state index in [1.165, 1.54) is 0 Å². The van der Waals surface area contributed by atoms with E-state index in [4.69, 9.17) is 0 Å². The summed E-state index contributed by atoms with van der Waals surface area (Å²) in [7, 11) is 0. The van der Waals surface area contributed by atoms with Crippen molar-refractivity contribution < 1.29 is 0 Å². The van der Waals surface area contributed by atoms with E-state index in [0.29, 0.717) is 10.3 Å². The first-order valence-electron chi connectivity index (χ1n) is 5.44. The van der Waals surface area contributed by atoms with Crippen LogP contribution < -0.4 is 0 Å². The molecule has 0 aromatic carbocycles. The maximum atomic E-state index is 4.26. The third kappa shape index (κ3) is 2.50. The first-order chi connectivity index (χ1) is 5.75. The molecule has 0 bridgehead atoms. The normalized spacial score (nSPS) is 15.9. The molecule has 0 N–H and O–H groups in total. The molecule has 0 saturated carbocycles. The fourth-order valence-corrected chi connectivity index (χ4v) is 22.6. The molecule has 0 nitrogen and oxygen atoms in total. The molecule has 86 valence electrons. The Balaban J connectivity index is 5.54. The SMILES string of the molecule is C[C](C)(C)[Sn]([Br])([C](C)(C)C)[C](C)(C)C. The van der Waals surface area contributed by atoms with Gasteiger partial charge >= 0.3 is 101 Å². The molecule has 0 unspecified atom stereocenters. The minimum atomic E-state index is -2.40. The van der Waals surface area contributed by atoms with Gasteiger partial charge in [-0.1, -0.05) is 0 Å². The van der Waals surface area contributed by atoms with E-state index in [9.17, 15) is 0 Å². The second-order valence-electron chi connectivity index (χ2n) is 7.41. The Labute approximate surface area is 101 Å². The van der Waals surface area contributed by atoms with Crippen molar-refractivity contribution >= 4 is 28.9 Å². The van der Waals surface area contributed by atoms with Crippen molar-refractivity contribution in [3.8, 4) is 0 Å². The van der Waals surface area contributed by atoms with Gasteiger partial charge in [-0.3, -0.25) is 0 Å². The van der Waals surface area contributed by atoms with Gasteiger partial charge in [-0.15, -0.1) is 0 Å². The van der Waals surface area contributed by atoms with E-state index in [2.05, 4.69) is 75.0 Å². The Morgan fingerprint density at radius 3 is 0.714 bits per heavy atom. The first kappa shape index (κ1) is 15.3. The van der Waals surface area contributed by atoms with Crippen molar-refractivity contribution in [2.24, 2.45) is 0 Å². The second-order valence-corrected chi connectivity index (χ2v) is 32.0. The van der Waals surface area contributed by atoms with E-state index in [-0.39, 0.29) is 0 Å². The number of rotatable bonds is 0. The van der Waals surface area contributed by atoms with Gasteiger partial charge in [0.2, 0.25) is 0 Å². The Hall–Kier alpha value is 1.28. The zero-order valence-corrected chi connectivity index (χ0v) is 15.8. The van der Waals surface area contributed by atoms with Gasteiger partial charge in [-0.25, -0.2) is 0 Å². The summed E-state index contributed by atoms with van der Waals surface area (Å²) in [5, 5.41) is 0. The molecule has 0 rings (SSSR count). The molecule has 0 saturated heterocycles. The van der Waals surface area contributed by atoms with Gasteiger partial charge in [0.05, 0.1) is 0 Å². The number of hydrogen-bond donors (Lipinski definition) is 0. The van der Waals surface area contributed by atoms with E-state index < -0.39 is 16.2 Å². The molecule has 0 aromatic heterocycles. The fraction of sp³-hybridized carbons (Fsp3) is 1.00. The van der Waals surface area contributed by atoms with Crippen molar-refractivity contribution in [3.63, 3.8) is 0 Å². The Morgan fingerprint density at radius 1 is 0.571 bits per heavy atom. The Kier molecular flexibility index (Phi) is 4.30. The van der Waals surface area contributed by atoms with Crippen LogP contribution in [0.1, 0.15) is 62.3 Å². The van der Waals surface area contributed by atoms with Gasteiger partial charge < -0.3 is 0 Å². The zero-order valence-electron chi connectivity index (χ0n) is 11.4. The molecule has 0 aliphatic rings. The fourth-order valence-electron chi connectivity index (χ4n) is 3.38. The molecule has 0 aliphatic carbocycles. The summed E-state index contributed by atoms with van der Waals surface area (Å²) in [5.74, 6) is 0. The van der Waals surface area contributed by atoms with E-state index in [1.54, 1.807) is 0 Å². The zero-order chi connectivity index (χ0) is 12.0. The summed E-state index contributed by atoms with van der Waals surface area (Å²) in [6.45, 7) is 21.7. The Bertz CT molecular complexity index is 164. The molecule has 14 heavy (non-hydrogen) atoms. The number of halogens is 1. The molecule has 0 radical (unpaired) electrons. The third-order valence-electron chi connectivity index (χ3n) is 3.10. The van der Waals surface area contributed by atoms with Crippen LogP contribution >= 0.6 is 12.7 Å². The van der Waals surface area contributed by atoms with Crippen LogP contribution in [-0.4, -0.2) is 16.2 Å². The van der Waals surface area contributed by atoms with Gasteiger partial charge in [0.1, 0.15) is 0 Å². The van der Waals surface area contributed by atoms with Crippen LogP contribution in [0.5, 0.6) is 0 Å². The third-order valence-corrected chi connectivity index (χ3v) is 44.7. The van der Waals surface area contributed by atoms with Gasteiger partial charge in [-0.05, 0) is 0 Å². The predicted octanol–water partition coefficient (Wildman–Crippen LogP) is 5.73. The summed E-state index contributed by atoms with van der Waals surface area (Å²) in [5.41, 5.74) is 0. The van der Waals surface area contributed by atoms with Crippen molar-refractivity contribution in [1.29, 1.82) is 0 Å². The minimum absolute atomic E-state index is 0.450. The quantitative estimate of drug-likeness (QED) is 0.478. The molecule has 0 fully saturated rings. The van der Waals surface area contributed by atoms with Crippen LogP contribution in [0.25, 0.3) is 0 Å². The second kappa shape index (κ2) is 3.94. The van der Waals surface area contributed by atoms with Crippen LogP contribution in [0.3, 0.4) is 0 Å². The van der Waals surface area contributed by atoms with Crippen LogP contribution in [0.4, 0.5) is 0 Å². The van der Waals surface area contributed by atoms with Crippen LogP contribution in [-0.2, 0) is 0 Å². The van der Waals surface area contributed by atoms with Crippen LogP contribution in [0, 0.1) is 0 Å². The van der Waals surface area contributed by atoms with Crippen molar-refractivity contribution in [2.75, 3.05) is 0 Å². The van der Waals surface area contributed by atoms with Crippen LogP contribution in [0.15, 0.2) is 0 Å².